The van der Waals surface area contributed by atoms with Crippen LogP contribution in [0.3, 0.4) is 0 Å². The molecule has 168 valence electrons. The molecule has 0 spiro atoms. The number of amides is 2. The molecular formula is C29H30N2O2. The van der Waals surface area contributed by atoms with Crippen LogP contribution >= 0.6 is 0 Å². The largest absolute Gasteiger partial charge is 0.350 e. The minimum Gasteiger partial charge on any atom is -0.350 e. The maximum atomic E-state index is 13.7. The van der Waals surface area contributed by atoms with Crippen LogP contribution in [0.4, 0.5) is 11.4 Å². The van der Waals surface area contributed by atoms with Crippen molar-refractivity contribution in [3.05, 3.63) is 100 Å². The van der Waals surface area contributed by atoms with Crippen molar-refractivity contribution < 1.29 is 9.59 Å². The number of hydrogen-bond acceptors (Lipinski definition) is 3. The Balaban J connectivity index is 1.82. The number of aryl methyl sites for hydroxylation is 3. The molecule has 4 rings (SSSR count). The minimum atomic E-state index is -0.347. The van der Waals surface area contributed by atoms with Crippen molar-refractivity contribution in [1.82, 2.24) is 0 Å². The van der Waals surface area contributed by atoms with E-state index in [2.05, 4.69) is 26.1 Å². The Morgan fingerprint density at radius 1 is 0.758 bits per heavy atom. The summed E-state index contributed by atoms with van der Waals surface area (Å²) in [5.74, 6) is -0.661. The van der Waals surface area contributed by atoms with Gasteiger partial charge in [-0.25, -0.2) is 4.90 Å². The predicted octanol–water partition coefficient (Wildman–Crippen LogP) is 6.31. The molecule has 2 amide bonds. The van der Waals surface area contributed by atoms with Gasteiger partial charge in [-0.3, -0.25) is 9.59 Å². The first-order valence-corrected chi connectivity index (χ1v) is 11.2. The fraction of sp³-hybridized carbons (Fsp3) is 0.241. The standard InChI is InChI=1S/C29H30N2O2/c1-18-8-7-9-22(17-18)30-26-25(24-15-10-19(2)16-20(24)3)27(32)31(28(26)33)23-13-11-21(12-14-23)29(4,5)6/h7-17,30H,1-6H3. The second kappa shape index (κ2) is 8.36. The lowest BCUT2D eigenvalue weighted by atomic mass is 9.87. The van der Waals surface area contributed by atoms with E-state index in [4.69, 9.17) is 0 Å². The van der Waals surface area contributed by atoms with E-state index in [9.17, 15) is 9.59 Å². The zero-order valence-corrected chi connectivity index (χ0v) is 20.1. The number of imide groups is 1. The summed E-state index contributed by atoms with van der Waals surface area (Å²) in [5, 5.41) is 3.26. The molecule has 3 aromatic carbocycles. The molecule has 0 aliphatic carbocycles. The molecule has 0 fully saturated rings. The van der Waals surface area contributed by atoms with Crippen molar-refractivity contribution in [3.63, 3.8) is 0 Å². The molecule has 0 unspecified atom stereocenters. The molecule has 0 bridgehead atoms. The summed E-state index contributed by atoms with van der Waals surface area (Å²) >= 11 is 0. The molecule has 0 radical (unpaired) electrons. The third kappa shape index (κ3) is 4.34. The topological polar surface area (TPSA) is 49.4 Å². The monoisotopic (exact) mass is 438 g/mol. The lowest BCUT2D eigenvalue weighted by Crippen LogP contribution is -2.32. The Labute approximate surface area is 195 Å². The van der Waals surface area contributed by atoms with Crippen molar-refractivity contribution in [2.45, 2.75) is 47.0 Å². The number of carbonyl (C=O) groups is 2. The third-order valence-corrected chi connectivity index (χ3v) is 6.01. The van der Waals surface area contributed by atoms with Crippen molar-refractivity contribution in [2.24, 2.45) is 0 Å². The van der Waals surface area contributed by atoms with E-state index in [-0.39, 0.29) is 17.2 Å². The van der Waals surface area contributed by atoms with Gasteiger partial charge in [0.1, 0.15) is 5.70 Å². The molecule has 0 atom stereocenters. The van der Waals surface area contributed by atoms with Gasteiger partial charge in [0, 0.05) is 5.69 Å². The molecule has 4 nitrogen and oxygen atoms in total. The third-order valence-electron chi connectivity index (χ3n) is 6.01. The Hall–Kier alpha value is -3.66. The molecule has 0 saturated carbocycles. The van der Waals surface area contributed by atoms with E-state index in [1.165, 1.54) is 4.90 Å². The maximum Gasteiger partial charge on any atom is 0.282 e. The quantitative estimate of drug-likeness (QED) is 0.486. The smallest absolute Gasteiger partial charge is 0.282 e. The number of benzene rings is 3. The highest BCUT2D eigenvalue weighted by atomic mass is 16.2. The molecule has 1 aliphatic rings. The van der Waals surface area contributed by atoms with Gasteiger partial charge in [-0.1, -0.05) is 68.8 Å². The lowest BCUT2D eigenvalue weighted by molar-refractivity contribution is -0.120. The van der Waals surface area contributed by atoms with Crippen LogP contribution in [-0.2, 0) is 15.0 Å². The highest BCUT2D eigenvalue weighted by Crippen LogP contribution is 2.36. The molecular weight excluding hydrogens is 408 g/mol. The van der Waals surface area contributed by atoms with E-state index in [1.54, 1.807) is 0 Å². The van der Waals surface area contributed by atoms with Gasteiger partial charge in [-0.2, -0.15) is 0 Å². The fourth-order valence-electron chi connectivity index (χ4n) is 4.20. The summed E-state index contributed by atoms with van der Waals surface area (Å²) in [6, 6.07) is 21.4. The molecule has 1 N–H and O–H groups in total. The van der Waals surface area contributed by atoms with Crippen LogP contribution in [-0.4, -0.2) is 11.8 Å². The summed E-state index contributed by atoms with van der Waals surface area (Å²) < 4.78 is 0. The van der Waals surface area contributed by atoms with Crippen LogP contribution in [0.5, 0.6) is 0 Å². The summed E-state index contributed by atoms with van der Waals surface area (Å²) in [4.78, 5) is 28.6. The van der Waals surface area contributed by atoms with Crippen LogP contribution in [0, 0.1) is 20.8 Å². The van der Waals surface area contributed by atoms with Crippen molar-refractivity contribution in [2.75, 3.05) is 10.2 Å². The van der Waals surface area contributed by atoms with Crippen LogP contribution in [0.15, 0.2) is 72.4 Å². The summed E-state index contributed by atoms with van der Waals surface area (Å²) in [5.41, 5.74) is 7.08. The fourth-order valence-corrected chi connectivity index (χ4v) is 4.20. The van der Waals surface area contributed by atoms with E-state index in [0.717, 1.165) is 33.5 Å². The van der Waals surface area contributed by atoms with Gasteiger partial charge >= 0.3 is 0 Å². The molecule has 0 aromatic heterocycles. The van der Waals surface area contributed by atoms with E-state index >= 15 is 0 Å². The summed E-state index contributed by atoms with van der Waals surface area (Å²) in [6.07, 6.45) is 0. The number of rotatable bonds is 4. The second-order valence-corrected chi connectivity index (χ2v) is 9.81. The van der Waals surface area contributed by atoms with E-state index in [1.807, 2.05) is 87.5 Å². The SMILES string of the molecule is Cc1cccc(NC2=C(c3ccc(C)cc3C)C(=O)N(c3ccc(C(C)(C)C)cc3)C2=O)c1. The molecule has 4 heteroatoms. The van der Waals surface area contributed by atoms with Gasteiger partial charge in [-0.05, 0) is 72.7 Å². The number of nitrogens with one attached hydrogen (secondary N) is 1. The normalized spacial score (nSPS) is 14.3. The average molecular weight is 439 g/mol. The molecule has 1 aliphatic heterocycles. The molecule has 33 heavy (non-hydrogen) atoms. The highest BCUT2D eigenvalue weighted by Gasteiger charge is 2.40. The second-order valence-electron chi connectivity index (χ2n) is 9.81. The minimum absolute atomic E-state index is 0.0160. The average Bonchev–Trinajstić information content (AvgIpc) is 2.97. The number of nitrogens with zero attached hydrogens (tertiary/aromatic N) is 1. The Kier molecular flexibility index (Phi) is 5.71. The first-order valence-electron chi connectivity index (χ1n) is 11.2. The first-order chi connectivity index (χ1) is 15.6. The zero-order valence-electron chi connectivity index (χ0n) is 20.1. The van der Waals surface area contributed by atoms with Crippen LogP contribution in [0.2, 0.25) is 0 Å². The highest BCUT2D eigenvalue weighted by molar-refractivity contribution is 6.46. The molecule has 3 aromatic rings. The van der Waals surface area contributed by atoms with Gasteiger partial charge in [0.15, 0.2) is 0 Å². The van der Waals surface area contributed by atoms with Gasteiger partial charge in [-0.15, -0.1) is 0 Å². The maximum absolute atomic E-state index is 13.7. The van der Waals surface area contributed by atoms with Crippen molar-refractivity contribution >= 4 is 28.8 Å². The van der Waals surface area contributed by atoms with Crippen LogP contribution < -0.4 is 10.2 Å². The van der Waals surface area contributed by atoms with Crippen molar-refractivity contribution in [1.29, 1.82) is 0 Å². The number of anilines is 2. The summed E-state index contributed by atoms with van der Waals surface area (Å²) in [7, 11) is 0. The van der Waals surface area contributed by atoms with Gasteiger partial charge < -0.3 is 5.32 Å². The van der Waals surface area contributed by atoms with Crippen LogP contribution in [0.1, 0.15) is 48.6 Å². The van der Waals surface area contributed by atoms with E-state index < -0.39 is 0 Å². The Morgan fingerprint density at radius 3 is 2.03 bits per heavy atom. The lowest BCUT2D eigenvalue weighted by Gasteiger charge is -2.21. The summed E-state index contributed by atoms with van der Waals surface area (Å²) in [6.45, 7) is 12.4. The molecule has 1 heterocycles. The zero-order chi connectivity index (χ0) is 23.9. The van der Waals surface area contributed by atoms with Crippen LogP contribution in [0.25, 0.3) is 5.57 Å². The predicted molar refractivity (Wildman–Crippen MR) is 135 cm³/mol. The van der Waals surface area contributed by atoms with Gasteiger partial charge in [0.25, 0.3) is 11.8 Å². The number of carbonyl (C=O) groups excluding carboxylic acids is 2. The van der Waals surface area contributed by atoms with Gasteiger partial charge in [0.05, 0.1) is 11.3 Å². The first kappa shape index (κ1) is 22.5. The van der Waals surface area contributed by atoms with E-state index in [0.29, 0.717) is 17.0 Å². The Morgan fingerprint density at radius 2 is 1.42 bits per heavy atom. The molecule has 0 saturated heterocycles. The van der Waals surface area contributed by atoms with Gasteiger partial charge in [0.2, 0.25) is 0 Å². The van der Waals surface area contributed by atoms with Crippen molar-refractivity contribution in [3.8, 4) is 0 Å². The number of hydrogen-bond donors (Lipinski definition) is 1. The Bertz CT molecular complexity index is 1280.